The molecule has 1 saturated heterocycles. The first-order valence-corrected chi connectivity index (χ1v) is 12.0. The quantitative estimate of drug-likeness (QED) is 0.512. The maximum absolute atomic E-state index is 12.5. The van der Waals surface area contributed by atoms with Crippen molar-refractivity contribution in [3.63, 3.8) is 0 Å². The summed E-state index contributed by atoms with van der Waals surface area (Å²) in [4.78, 5) is 40.0. The van der Waals surface area contributed by atoms with Crippen LogP contribution in [0.15, 0.2) is 60.0 Å². The SMILES string of the molecule is Cc1cccc(NC(=O)COc2ccc(N3C[C@@H](C(=O)NCc4cccs4)CC3=O)cc2)c1C. The fraction of sp³-hybridized carbons (Fsp3) is 0.269. The van der Waals surface area contributed by atoms with E-state index in [9.17, 15) is 14.4 Å². The highest BCUT2D eigenvalue weighted by Crippen LogP contribution is 2.27. The lowest BCUT2D eigenvalue weighted by Crippen LogP contribution is -2.32. The number of hydrogen-bond donors (Lipinski definition) is 2. The molecule has 1 fully saturated rings. The monoisotopic (exact) mass is 477 g/mol. The van der Waals surface area contributed by atoms with Crippen molar-refractivity contribution in [1.82, 2.24) is 5.32 Å². The largest absolute Gasteiger partial charge is 0.484 e. The van der Waals surface area contributed by atoms with Gasteiger partial charge in [0.15, 0.2) is 6.61 Å². The summed E-state index contributed by atoms with van der Waals surface area (Å²) < 4.78 is 5.60. The molecule has 3 aromatic rings. The van der Waals surface area contributed by atoms with Crippen LogP contribution in [-0.4, -0.2) is 30.9 Å². The minimum atomic E-state index is -0.378. The average molecular weight is 478 g/mol. The van der Waals surface area contributed by atoms with Crippen molar-refractivity contribution >= 4 is 40.4 Å². The van der Waals surface area contributed by atoms with Crippen molar-refractivity contribution in [1.29, 1.82) is 0 Å². The van der Waals surface area contributed by atoms with E-state index in [1.165, 1.54) is 0 Å². The fourth-order valence-electron chi connectivity index (χ4n) is 3.81. The molecule has 0 saturated carbocycles. The Morgan fingerprint density at radius 2 is 1.88 bits per heavy atom. The Labute approximate surface area is 202 Å². The van der Waals surface area contributed by atoms with Crippen molar-refractivity contribution < 1.29 is 19.1 Å². The smallest absolute Gasteiger partial charge is 0.262 e. The number of aryl methyl sites for hydroxylation is 1. The lowest BCUT2D eigenvalue weighted by atomic mass is 10.1. The number of carbonyl (C=O) groups excluding carboxylic acids is 3. The summed E-state index contributed by atoms with van der Waals surface area (Å²) in [5, 5.41) is 7.74. The van der Waals surface area contributed by atoms with Crippen LogP contribution in [0, 0.1) is 19.8 Å². The lowest BCUT2D eigenvalue weighted by Gasteiger charge is -2.17. The molecule has 4 rings (SSSR count). The van der Waals surface area contributed by atoms with E-state index in [0.29, 0.717) is 24.5 Å². The fourth-order valence-corrected chi connectivity index (χ4v) is 4.45. The van der Waals surface area contributed by atoms with Gasteiger partial charge < -0.3 is 20.3 Å². The van der Waals surface area contributed by atoms with Gasteiger partial charge in [0.2, 0.25) is 11.8 Å². The van der Waals surface area contributed by atoms with Gasteiger partial charge in [-0.25, -0.2) is 0 Å². The van der Waals surface area contributed by atoms with E-state index >= 15 is 0 Å². The molecule has 1 atom stereocenters. The van der Waals surface area contributed by atoms with Crippen LogP contribution in [0.1, 0.15) is 22.4 Å². The number of rotatable bonds is 8. The maximum atomic E-state index is 12.5. The van der Waals surface area contributed by atoms with Crippen LogP contribution in [0.2, 0.25) is 0 Å². The predicted molar refractivity (Wildman–Crippen MR) is 133 cm³/mol. The van der Waals surface area contributed by atoms with Gasteiger partial charge in [-0.2, -0.15) is 0 Å². The van der Waals surface area contributed by atoms with Crippen LogP contribution >= 0.6 is 11.3 Å². The molecule has 0 radical (unpaired) electrons. The van der Waals surface area contributed by atoms with Crippen molar-refractivity contribution in [2.75, 3.05) is 23.4 Å². The van der Waals surface area contributed by atoms with Gasteiger partial charge >= 0.3 is 0 Å². The number of thiophene rings is 1. The summed E-state index contributed by atoms with van der Waals surface area (Å²) >= 11 is 1.58. The topological polar surface area (TPSA) is 87.7 Å². The van der Waals surface area contributed by atoms with Crippen molar-refractivity contribution in [2.45, 2.75) is 26.8 Å². The number of ether oxygens (including phenoxy) is 1. The minimum absolute atomic E-state index is 0.0853. The van der Waals surface area contributed by atoms with Crippen molar-refractivity contribution in [2.24, 2.45) is 5.92 Å². The molecule has 1 aliphatic rings. The second-order valence-corrected chi connectivity index (χ2v) is 9.31. The van der Waals surface area contributed by atoms with Gasteiger partial charge in [0.05, 0.1) is 12.5 Å². The van der Waals surface area contributed by atoms with E-state index in [1.54, 1.807) is 40.5 Å². The molecule has 0 bridgehead atoms. The van der Waals surface area contributed by atoms with Crippen molar-refractivity contribution in [3.8, 4) is 5.75 Å². The highest BCUT2D eigenvalue weighted by Gasteiger charge is 2.35. The second-order valence-electron chi connectivity index (χ2n) is 8.28. The van der Waals surface area contributed by atoms with Gasteiger partial charge in [-0.1, -0.05) is 18.2 Å². The molecule has 7 nitrogen and oxygen atoms in total. The van der Waals surface area contributed by atoms with Gasteiger partial charge in [-0.15, -0.1) is 11.3 Å². The lowest BCUT2D eigenvalue weighted by molar-refractivity contribution is -0.126. The number of nitrogens with zero attached hydrogens (tertiary/aromatic N) is 1. The van der Waals surface area contributed by atoms with Gasteiger partial charge in [-0.3, -0.25) is 14.4 Å². The van der Waals surface area contributed by atoms with Gasteiger partial charge in [0.1, 0.15) is 5.75 Å². The molecule has 0 aliphatic carbocycles. The van der Waals surface area contributed by atoms with Crippen LogP contribution in [0.4, 0.5) is 11.4 Å². The summed E-state index contributed by atoms with van der Waals surface area (Å²) in [7, 11) is 0. The number of benzene rings is 2. The Balaban J connectivity index is 1.28. The predicted octanol–water partition coefficient (Wildman–Crippen LogP) is 4.05. The van der Waals surface area contributed by atoms with Gasteiger partial charge in [0, 0.05) is 29.2 Å². The molecule has 8 heteroatoms. The van der Waals surface area contributed by atoms with Gasteiger partial charge in [0.25, 0.3) is 5.91 Å². The Hall–Kier alpha value is -3.65. The zero-order valence-electron chi connectivity index (χ0n) is 19.2. The molecule has 3 amide bonds. The molecule has 176 valence electrons. The van der Waals surface area contributed by atoms with E-state index in [0.717, 1.165) is 21.7 Å². The molecular formula is C26H27N3O4S. The minimum Gasteiger partial charge on any atom is -0.484 e. The van der Waals surface area contributed by atoms with E-state index in [-0.39, 0.29) is 36.7 Å². The first-order valence-electron chi connectivity index (χ1n) is 11.1. The normalized spacial score (nSPS) is 15.3. The molecule has 34 heavy (non-hydrogen) atoms. The number of amides is 3. The molecule has 2 N–H and O–H groups in total. The summed E-state index contributed by atoms with van der Waals surface area (Å²) in [5.74, 6) is -0.297. The molecular weight excluding hydrogens is 450 g/mol. The van der Waals surface area contributed by atoms with Crippen LogP contribution in [0.25, 0.3) is 0 Å². The molecule has 0 unspecified atom stereocenters. The number of hydrogen-bond acceptors (Lipinski definition) is 5. The summed E-state index contributed by atoms with van der Waals surface area (Å²) in [5.41, 5.74) is 3.60. The summed E-state index contributed by atoms with van der Waals surface area (Å²) in [6.07, 6.45) is 0.188. The third-order valence-electron chi connectivity index (χ3n) is 5.91. The zero-order chi connectivity index (χ0) is 24.1. The van der Waals surface area contributed by atoms with Crippen LogP contribution < -0.4 is 20.3 Å². The molecule has 1 aliphatic heterocycles. The summed E-state index contributed by atoms with van der Waals surface area (Å²) in [6.45, 7) is 4.65. The van der Waals surface area contributed by atoms with E-state index in [1.807, 2.05) is 49.6 Å². The standard InChI is InChI=1S/C26H27N3O4S/c1-17-5-3-7-23(18(17)2)28-24(30)16-33-21-10-8-20(9-11-21)29-15-19(13-25(29)31)26(32)27-14-22-6-4-12-34-22/h3-12,19H,13-16H2,1-2H3,(H,27,32)(H,28,30)/t19-/m0/s1. The number of anilines is 2. The molecule has 0 spiro atoms. The van der Waals surface area contributed by atoms with Crippen LogP contribution in [0.3, 0.4) is 0 Å². The van der Waals surface area contributed by atoms with E-state index in [4.69, 9.17) is 4.74 Å². The summed E-state index contributed by atoms with van der Waals surface area (Å²) in [6, 6.07) is 16.6. The second kappa shape index (κ2) is 10.5. The maximum Gasteiger partial charge on any atom is 0.262 e. The number of carbonyl (C=O) groups is 3. The third-order valence-corrected chi connectivity index (χ3v) is 6.79. The average Bonchev–Trinajstić information content (AvgIpc) is 3.49. The third kappa shape index (κ3) is 5.63. The van der Waals surface area contributed by atoms with Crippen LogP contribution in [0.5, 0.6) is 5.75 Å². The molecule has 2 aromatic carbocycles. The highest BCUT2D eigenvalue weighted by atomic mass is 32.1. The Morgan fingerprint density at radius 3 is 2.62 bits per heavy atom. The number of nitrogens with one attached hydrogen (secondary N) is 2. The Bertz CT molecular complexity index is 1180. The highest BCUT2D eigenvalue weighted by molar-refractivity contribution is 7.09. The van der Waals surface area contributed by atoms with E-state index in [2.05, 4.69) is 10.6 Å². The molecule has 2 heterocycles. The van der Waals surface area contributed by atoms with E-state index < -0.39 is 0 Å². The Kier molecular flexibility index (Phi) is 7.27. The first-order chi connectivity index (χ1) is 16.4. The molecule has 1 aromatic heterocycles. The van der Waals surface area contributed by atoms with Crippen LogP contribution in [-0.2, 0) is 20.9 Å². The van der Waals surface area contributed by atoms with Gasteiger partial charge in [-0.05, 0) is 66.8 Å². The first kappa shape index (κ1) is 23.5. The Morgan fingerprint density at radius 1 is 1.09 bits per heavy atom. The van der Waals surface area contributed by atoms with Crippen molar-refractivity contribution in [3.05, 3.63) is 76.0 Å². The zero-order valence-corrected chi connectivity index (χ0v) is 20.0.